The van der Waals surface area contributed by atoms with E-state index in [1.165, 1.54) is 6.20 Å². The molecule has 0 saturated carbocycles. The molecule has 0 aliphatic heterocycles. The normalized spacial score (nSPS) is 11.1. The standard InChI is InChI=1S/C13H13N5O2/c1-9-4-3-5-12-15-11(7-16(9)12)8-17-10(2)14-6-13(17)18(19)20/h3-7H,8H2,1-2H3. The Morgan fingerprint density at radius 1 is 1.35 bits per heavy atom. The predicted octanol–water partition coefficient (Wildman–Crippen LogP) is 2.10. The molecule has 0 N–H and O–H groups in total. The van der Waals surface area contributed by atoms with Gasteiger partial charge in [0.25, 0.3) is 0 Å². The van der Waals surface area contributed by atoms with Gasteiger partial charge in [0.15, 0.2) is 5.82 Å². The maximum atomic E-state index is 11.0. The molecule has 3 aromatic rings. The molecule has 0 fully saturated rings. The van der Waals surface area contributed by atoms with Crippen LogP contribution in [0.2, 0.25) is 0 Å². The number of nitro groups is 1. The molecule has 0 bridgehead atoms. The molecule has 7 heteroatoms. The molecule has 0 saturated heterocycles. The summed E-state index contributed by atoms with van der Waals surface area (Å²) in [5, 5.41) is 11.0. The Bertz CT molecular complexity index is 802. The van der Waals surface area contributed by atoms with Crippen molar-refractivity contribution in [3.8, 4) is 0 Å². The molecular formula is C13H13N5O2. The summed E-state index contributed by atoms with van der Waals surface area (Å²) in [5.74, 6) is 0.585. The molecule has 0 aliphatic carbocycles. The van der Waals surface area contributed by atoms with Gasteiger partial charge in [0, 0.05) is 18.8 Å². The second-order valence-electron chi connectivity index (χ2n) is 4.63. The van der Waals surface area contributed by atoms with Gasteiger partial charge in [-0.1, -0.05) is 6.07 Å². The molecule has 20 heavy (non-hydrogen) atoms. The van der Waals surface area contributed by atoms with Gasteiger partial charge in [0.05, 0.1) is 0 Å². The minimum atomic E-state index is -0.430. The van der Waals surface area contributed by atoms with E-state index in [2.05, 4.69) is 9.97 Å². The lowest BCUT2D eigenvalue weighted by Crippen LogP contribution is -2.06. The molecular weight excluding hydrogens is 258 g/mol. The molecule has 0 radical (unpaired) electrons. The van der Waals surface area contributed by atoms with Crippen LogP contribution < -0.4 is 0 Å². The number of aryl methyl sites for hydroxylation is 2. The summed E-state index contributed by atoms with van der Waals surface area (Å²) in [6, 6.07) is 5.83. The van der Waals surface area contributed by atoms with E-state index in [0.717, 1.165) is 17.0 Å². The molecule has 0 atom stereocenters. The Kier molecular flexibility index (Phi) is 2.74. The Hall–Kier alpha value is -2.70. The second-order valence-corrected chi connectivity index (χ2v) is 4.63. The largest absolute Gasteiger partial charge is 0.358 e. The van der Waals surface area contributed by atoms with Gasteiger partial charge in [-0.05, 0) is 24.0 Å². The van der Waals surface area contributed by atoms with Crippen LogP contribution in [0.4, 0.5) is 5.82 Å². The minimum absolute atomic E-state index is 0.0173. The number of hydrogen-bond acceptors (Lipinski definition) is 4. The Morgan fingerprint density at radius 2 is 2.15 bits per heavy atom. The van der Waals surface area contributed by atoms with Crippen molar-refractivity contribution in [2.45, 2.75) is 20.4 Å². The maximum Gasteiger partial charge on any atom is 0.343 e. The van der Waals surface area contributed by atoms with Gasteiger partial charge in [-0.15, -0.1) is 0 Å². The zero-order chi connectivity index (χ0) is 14.3. The summed E-state index contributed by atoms with van der Waals surface area (Å²) in [7, 11) is 0. The molecule has 0 aliphatic rings. The van der Waals surface area contributed by atoms with Gasteiger partial charge in [-0.25, -0.2) is 14.5 Å². The van der Waals surface area contributed by atoms with Crippen molar-refractivity contribution in [1.29, 1.82) is 0 Å². The minimum Gasteiger partial charge on any atom is -0.358 e. The third-order valence-corrected chi connectivity index (χ3v) is 3.29. The molecule has 0 amide bonds. The van der Waals surface area contributed by atoms with Crippen molar-refractivity contribution >= 4 is 11.5 Å². The van der Waals surface area contributed by atoms with Crippen LogP contribution in [-0.4, -0.2) is 23.9 Å². The number of pyridine rings is 1. The Balaban J connectivity index is 2.03. The van der Waals surface area contributed by atoms with E-state index in [-0.39, 0.29) is 5.82 Å². The molecule has 0 aromatic carbocycles. The van der Waals surface area contributed by atoms with Gasteiger partial charge in [-0.2, -0.15) is 0 Å². The van der Waals surface area contributed by atoms with Gasteiger partial charge in [0.2, 0.25) is 0 Å². The highest BCUT2D eigenvalue weighted by atomic mass is 16.6. The van der Waals surface area contributed by atoms with Crippen LogP contribution in [0.5, 0.6) is 0 Å². The lowest BCUT2D eigenvalue weighted by atomic mass is 10.4. The Labute approximate surface area is 114 Å². The monoisotopic (exact) mass is 271 g/mol. The van der Waals surface area contributed by atoms with Gasteiger partial charge < -0.3 is 14.5 Å². The van der Waals surface area contributed by atoms with E-state index in [1.807, 2.05) is 35.7 Å². The van der Waals surface area contributed by atoms with E-state index in [4.69, 9.17) is 0 Å². The summed E-state index contributed by atoms with van der Waals surface area (Å²) in [6.45, 7) is 4.07. The zero-order valence-electron chi connectivity index (χ0n) is 11.1. The van der Waals surface area contributed by atoms with Crippen molar-refractivity contribution in [3.63, 3.8) is 0 Å². The Morgan fingerprint density at radius 3 is 2.85 bits per heavy atom. The third kappa shape index (κ3) is 1.93. The summed E-state index contributed by atoms with van der Waals surface area (Å²) in [4.78, 5) is 19.0. The second kappa shape index (κ2) is 4.44. The number of rotatable bonds is 3. The third-order valence-electron chi connectivity index (χ3n) is 3.29. The van der Waals surface area contributed by atoms with Crippen LogP contribution in [0, 0.1) is 24.0 Å². The fourth-order valence-corrected chi connectivity index (χ4v) is 2.23. The number of imidazole rings is 2. The number of hydrogen-bond donors (Lipinski definition) is 0. The molecule has 3 rings (SSSR count). The fourth-order valence-electron chi connectivity index (χ4n) is 2.23. The molecule has 0 spiro atoms. The first-order chi connectivity index (χ1) is 9.56. The molecule has 7 nitrogen and oxygen atoms in total. The van der Waals surface area contributed by atoms with Crippen LogP contribution >= 0.6 is 0 Å². The van der Waals surface area contributed by atoms with E-state index < -0.39 is 4.92 Å². The smallest absolute Gasteiger partial charge is 0.343 e. The highest BCUT2D eigenvalue weighted by Crippen LogP contribution is 2.17. The summed E-state index contributed by atoms with van der Waals surface area (Å²) in [6.07, 6.45) is 3.17. The number of aromatic nitrogens is 4. The van der Waals surface area contributed by atoms with Crippen LogP contribution in [0.1, 0.15) is 17.2 Å². The maximum absolute atomic E-state index is 11.0. The first kappa shape index (κ1) is 12.3. The van der Waals surface area contributed by atoms with Gasteiger partial charge >= 0.3 is 5.82 Å². The van der Waals surface area contributed by atoms with Crippen molar-refractivity contribution in [1.82, 2.24) is 18.9 Å². The van der Waals surface area contributed by atoms with E-state index in [1.54, 1.807) is 11.5 Å². The van der Waals surface area contributed by atoms with Crippen LogP contribution in [-0.2, 0) is 6.54 Å². The van der Waals surface area contributed by atoms with Gasteiger partial charge in [-0.3, -0.25) is 0 Å². The predicted molar refractivity (Wildman–Crippen MR) is 72.6 cm³/mol. The van der Waals surface area contributed by atoms with E-state index >= 15 is 0 Å². The highest BCUT2D eigenvalue weighted by Gasteiger charge is 2.18. The molecule has 3 aromatic heterocycles. The van der Waals surface area contributed by atoms with Crippen LogP contribution in [0.3, 0.4) is 0 Å². The van der Waals surface area contributed by atoms with Crippen molar-refractivity contribution < 1.29 is 4.92 Å². The summed E-state index contributed by atoms with van der Waals surface area (Å²) < 4.78 is 3.52. The highest BCUT2D eigenvalue weighted by molar-refractivity contribution is 5.41. The van der Waals surface area contributed by atoms with Crippen LogP contribution in [0.25, 0.3) is 5.65 Å². The zero-order valence-corrected chi connectivity index (χ0v) is 11.1. The fraction of sp³-hybridized carbons (Fsp3) is 0.231. The molecule has 102 valence electrons. The average molecular weight is 271 g/mol. The van der Waals surface area contributed by atoms with Gasteiger partial charge in [0.1, 0.15) is 24.1 Å². The quantitative estimate of drug-likeness (QED) is 0.540. The van der Waals surface area contributed by atoms with Crippen LogP contribution in [0.15, 0.2) is 30.6 Å². The van der Waals surface area contributed by atoms with E-state index in [0.29, 0.717) is 12.4 Å². The van der Waals surface area contributed by atoms with E-state index in [9.17, 15) is 10.1 Å². The summed E-state index contributed by atoms with van der Waals surface area (Å²) in [5.41, 5.74) is 2.67. The van der Waals surface area contributed by atoms with Crippen molar-refractivity contribution in [2.75, 3.05) is 0 Å². The topological polar surface area (TPSA) is 78.3 Å². The number of nitrogens with zero attached hydrogens (tertiary/aromatic N) is 5. The summed E-state index contributed by atoms with van der Waals surface area (Å²) >= 11 is 0. The first-order valence-electron chi connectivity index (χ1n) is 6.16. The first-order valence-corrected chi connectivity index (χ1v) is 6.16. The lowest BCUT2D eigenvalue weighted by Gasteiger charge is -1.99. The molecule has 0 unspecified atom stereocenters. The lowest BCUT2D eigenvalue weighted by molar-refractivity contribution is -0.392. The number of fused-ring (bicyclic) bond motifs is 1. The average Bonchev–Trinajstić information content (AvgIpc) is 2.96. The molecule has 3 heterocycles. The van der Waals surface area contributed by atoms with Crippen molar-refractivity contribution in [3.05, 3.63) is 57.9 Å². The SMILES string of the molecule is Cc1ncc([N+](=O)[O-])n1Cc1cn2c(C)cccc2n1. The van der Waals surface area contributed by atoms with Crippen molar-refractivity contribution in [2.24, 2.45) is 0 Å².